The number of hydrogen-bond acceptors (Lipinski definition) is 4. The van der Waals surface area contributed by atoms with Crippen LogP contribution in [0, 0.1) is 0 Å². The van der Waals surface area contributed by atoms with Crippen molar-refractivity contribution in [2.24, 2.45) is 4.99 Å². The van der Waals surface area contributed by atoms with Crippen molar-refractivity contribution in [3.8, 4) is 0 Å². The van der Waals surface area contributed by atoms with Crippen molar-refractivity contribution in [2.45, 2.75) is 13.3 Å². The number of rotatable bonds is 10. The summed E-state index contributed by atoms with van der Waals surface area (Å²) in [6.07, 6.45) is 4.20. The highest BCUT2D eigenvalue weighted by Gasteiger charge is 2.05. The molecule has 7 nitrogen and oxygen atoms in total. The molecule has 2 aromatic rings. The number of aliphatic imine (C=N–C) groups is 1. The number of benzene rings is 1. The van der Waals surface area contributed by atoms with Crippen LogP contribution in [0.1, 0.15) is 23.7 Å². The summed E-state index contributed by atoms with van der Waals surface area (Å²) in [6.45, 7) is 6.05. The maximum Gasteiger partial charge on any atom is 0.252 e. The van der Waals surface area contributed by atoms with Gasteiger partial charge in [-0.1, -0.05) is 18.2 Å². The highest BCUT2D eigenvalue weighted by molar-refractivity contribution is 5.93. The summed E-state index contributed by atoms with van der Waals surface area (Å²) in [5, 5.41) is 9.37. The highest BCUT2D eigenvalue weighted by Crippen LogP contribution is 2.12. The molecular weight excluding hydrogens is 352 g/mol. The van der Waals surface area contributed by atoms with Gasteiger partial charge in [0.05, 0.1) is 5.56 Å². The van der Waals surface area contributed by atoms with Crippen molar-refractivity contribution >= 4 is 17.6 Å². The lowest BCUT2D eigenvalue weighted by Crippen LogP contribution is -2.42. The maximum absolute atomic E-state index is 11.9. The molecule has 0 aliphatic heterocycles. The highest BCUT2D eigenvalue weighted by atomic mass is 16.1. The van der Waals surface area contributed by atoms with E-state index in [-0.39, 0.29) is 5.91 Å². The Morgan fingerprint density at radius 2 is 1.79 bits per heavy atom. The number of amides is 1. The average Bonchev–Trinajstić information content (AvgIpc) is 2.76. The normalized spacial score (nSPS) is 11.0. The van der Waals surface area contributed by atoms with Gasteiger partial charge in [-0.3, -0.25) is 14.8 Å². The van der Waals surface area contributed by atoms with Gasteiger partial charge in [-0.05, 0) is 37.6 Å². The second kappa shape index (κ2) is 12.3. The Bertz CT molecular complexity index is 720. The number of anilines is 1. The van der Waals surface area contributed by atoms with E-state index in [9.17, 15) is 4.79 Å². The number of guanidine groups is 1. The number of pyridine rings is 1. The fourth-order valence-corrected chi connectivity index (χ4v) is 2.76. The Labute approximate surface area is 167 Å². The summed E-state index contributed by atoms with van der Waals surface area (Å²) in [5.41, 5.74) is 1.81. The van der Waals surface area contributed by atoms with Crippen molar-refractivity contribution < 1.29 is 4.79 Å². The molecule has 0 spiro atoms. The van der Waals surface area contributed by atoms with Crippen LogP contribution in [0.25, 0.3) is 0 Å². The van der Waals surface area contributed by atoms with Crippen molar-refractivity contribution in [1.29, 1.82) is 0 Å². The minimum atomic E-state index is -0.126. The van der Waals surface area contributed by atoms with E-state index >= 15 is 0 Å². The van der Waals surface area contributed by atoms with E-state index in [1.165, 1.54) is 5.69 Å². The first kappa shape index (κ1) is 21.2. The Morgan fingerprint density at radius 3 is 2.46 bits per heavy atom. The Morgan fingerprint density at radius 1 is 1.04 bits per heavy atom. The first-order valence-corrected chi connectivity index (χ1v) is 9.67. The molecule has 0 atom stereocenters. The first-order valence-electron chi connectivity index (χ1n) is 9.67. The Kier molecular flexibility index (Phi) is 9.34. The molecule has 0 unspecified atom stereocenters. The zero-order valence-electron chi connectivity index (χ0n) is 16.7. The number of aromatic nitrogens is 1. The standard InChI is InChI=1S/C21H30N6O/c1-3-27(19-10-5-4-6-11-19)16-8-13-25-21(22-2)26-15-14-24-20(28)18-9-7-12-23-17-18/h4-7,9-12,17H,3,8,13-16H2,1-2H3,(H,24,28)(H2,22,25,26). The Hall–Kier alpha value is -3.09. The molecule has 3 N–H and O–H groups in total. The van der Waals surface area contributed by atoms with E-state index < -0.39 is 0 Å². The molecule has 1 aromatic carbocycles. The van der Waals surface area contributed by atoms with Gasteiger partial charge in [0, 0.05) is 57.9 Å². The average molecular weight is 383 g/mol. The van der Waals surface area contributed by atoms with Crippen LogP contribution in [0.5, 0.6) is 0 Å². The van der Waals surface area contributed by atoms with Gasteiger partial charge >= 0.3 is 0 Å². The topological polar surface area (TPSA) is 81.6 Å². The molecule has 1 heterocycles. The molecule has 0 saturated carbocycles. The van der Waals surface area contributed by atoms with Crippen molar-refractivity contribution in [2.75, 3.05) is 44.7 Å². The van der Waals surface area contributed by atoms with Crippen molar-refractivity contribution in [3.63, 3.8) is 0 Å². The smallest absolute Gasteiger partial charge is 0.252 e. The van der Waals surface area contributed by atoms with Crippen LogP contribution in [0.15, 0.2) is 59.9 Å². The van der Waals surface area contributed by atoms with Crippen LogP contribution in [-0.2, 0) is 0 Å². The molecule has 7 heteroatoms. The number of carbonyl (C=O) groups is 1. The minimum Gasteiger partial charge on any atom is -0.372 e. The van der Waals surface area contributed by atoms with Crippen LogP contribution in [-0.4, -0.2) is 56.6 Å². The molecule has 0 bridgehead atoms. The maximum atomic E-state index is 11.9. The molecule has 2 rings (SSSR count). The Balaban J connectivity index is 1.61. The quantitative estimate of drug-likeness (QED) is 0.332. The largest absolute Gasteiger partial charge is 0.372 e. The molecule has 28 heavy (non-hydrogen) atoms. The third kappa shape index (κ3) is 7.26. The van der Waals surface area contributed by atoms with Crippen LogP contribution in [0.4, 0.5) is 5.69 Å². The van der Waals surface area contributed by atoms with Crippen molar-refractivity contribution in [3.05, 3.63) is 60.4 Å². The van der Waals surface area contributed by atoms with Gasteiger partial charge in [0.25, 0.3) is 5.91 Å². The third-order valence-electron chi connectivity index (χ3n) is 4.25. The van der Waals surface area contributed by atoms with Gasteiger partial charge in [-0.2, -0.15) is 0 Å². The number of hydrogen-bond donors (Lipinski definition) is 3. The predicted octanol–water partition coefficient (Wildman–Crippen LogP) is 1.89. The SMILES string of the molecule is CCN(CCCNC(=NC)NCCNC(=O)c1cccnc1)c1ccccc1. The summed E-state index contributed by atoms with van der Waals surface area (Å²) in [6, 6.07) is 13.9. The number of nitrogens with zero attached hydrogens (tertiary/aromatic N) is 3. The lowest BCUT2D eigenvalue weighted by Gasteiger charge is -2.23. The number of nitrogens with one attached hydrogen (secondary N) is 3. The molecule has 0 radical (unpaired) electrons. The molecule has 0 fully saturated rings. The van der Waals surface area contributed by atoms with E-state index in [4.69, 9.17) is 0 Å². The fraction of sp³-hybridized carbons (Fsp3) is 0.381. The summed E-state index contributed by atoms with van der Waals surface area (Å²) in [5.74, 6) is 0.608. The van der Waals surface area contributed by atoms with Gasteiger partial charge in [-0.25, -0.2) is 0 Å². The van der Waals surface area contributed by atoms with Gasteiger partial charge in [0.2, 0.25) is 0 Å². The summed E-state index contributed by atoms with van der Waals surface area (Å²) in [4.78, 5) is 22.5. The fourth-order valence-electron chi connectivity index (χ4n) is 2.76. The lowest BCUT2D eigenvalue weighted by molar-refractivity contribution is 0.0954. The molecule has 0 aliphatic rings. The van der Waals surface area contributed by atoms with Crippen LogP contribution in [0.2, 0.25) is 0 Å². The third-order valence-corrected chi connectivity index (χ3v) is 4.25. The van der Waals surface area contributed by atoms with Gasteiger partial charge in [0.1, 0.15) is 0 Å². The van der Waals surface area contributed by atoms with E-state index in [0.29, 0.717) is 18.7 Å². The monoisotopic (exact) mass is 382 g/mol. The lowest BCUT2D eigenvalue weighted by atomic mass is 10.2. The number of carbonyl (C=O) groups excluding carboxylic acids is 1. The summed E-state index contributed by atoms with van der Waals surface area (Å²) >= 11 is 0. The number of para-hydroxylation sites is 1. The second-order valence-electron chi connectivity index (χ2n) is 6.19. The zero-order chi connectivity index (χ0) is 20.0. The zero-order valence-corrected chi connectivity index (χ0v) is 16.7. The molecule has 0 saturated heterocycles. The van der Waals surface area contributed by atoms with Gasteiger partial charge in [-0.15, -0.1) is 0 Å². The molecule has 150 valence electrons. The summed E-state index contributed by atoms with van der Waals surface area (Å²) < 4.78 is 0. The molecule has 1 aromatic heterocycles. The van der Waals surface area contributed by atoms with Gasteiger partial charge < -0.3 is 20.9 Å². The molecular formula is C21H30N6O. The second-order valence-corrected chi connectivity index (χ2v) is 6.19. The van der Waals surface area contributed by atoms with E-state index in [1.54, 1.807) is 31.6 Å². The summed E-state index contributed by atoms with van der Waals surface area (Å²) in [7, 11) is 1.74. The van der Waals surface area contributed by atoms with Crippen LogP contribution < -0.4 is 20.9 Å². The van der Waals surface area contributed by atoms with Crippen molar-refractivity contribution in [1.82, 2.24) is 20.9 Å². The first-order chi connectivity index (χ1) is 13.7. The van der Waals surface area contributed by atoms with E-state index in [0.717, 1.165) is 32.0 Å². The van der Waals surface area contributed by atoms with Gasteiger partial charge in [0.15, 0.2) is 5.96 Å². The van der Waals surface area contributed by atoms with Crippen LogP contribution >= 0.6 is 0 Å². The van der Waals surface area contributed by atoms with Crippen LogP contribution in [0.3, 0.4) is 0 Å². The minimum absolute atomic E-state index is 0.126. The molecule has 1 amide bonds. The van der Waals surface area contributed by atoms with E-state index in [2.05, 4.69) is 62.0 Å². The van der Waals surface area contributed by atoms with E-state index in [1.807, 2.05) is 6.07 Å². The molecule has 0 aliphatic carbocycles. The predicted molar refractivity (Wildman–Crippen MR) is 115 cm³/mol.